The molecule has 0 saturated heterocycles. The number of benzene rings is 1. The predicted molar refractivity (Wildman–Crippen MR) is 143 cm³/mol. The van der Waals surface area contributed by atoms with E-state index >= 15 is 0 Å². The van der Waals surface area contributed by atoms with E-state index in [2.05, 4.69) is 37.9 Å². The van der Waals surface area contributed by atoms with Gasteiger partial charge in [0, 0.05) is 23.7 Å². The second-order valence-corrected chi connectivity index (χ2v) is 9.89. The number of pyridine rings is 1. The number of carbonyl (C=O) groups excluding carboxylic acids is 1. The summed E-state index contributed by atoms with van der Waals surface area (Å²) < 4.78 is 0. The van der Waals surface area contributed by atoms with Gasteiger partial charge in [0.2, 0.25) is 0 Å². The van der Waals surface area contributed by atoms with Crippen molar-refractivity contribution in [1.29, 1.82) is 0 Å². The fourth-order valence-electron chi connectivity index (χ4n) is 4.34. The number of aryl methyl sites for hydroxylation is 1. The van der Waals surface area contributed by atoms with Crippen LogP contribution in [-0.4, -0.2) is 10.8 Å². The third kappa shape index (κ3) is 11.1. The van der Waals surface area contributed by atoms with Crippen molar-refractivity contribution < 1.29 is 4.79 Å². The average molecular weight is 450 g/mol. The van der Waals surface area contributed by atoms with E-state index in [9.17, 15) is 4.79 Å². The third-order valence-electron chi connectivity index (χ3n) is 6.94. The number of Topliss-reactive ketones (excluding diaryl/α,β-unsaturated/α-hetero) is 1. The highest BCUT2D eigenvalue weighted by Gasteiger charge is 2.08. The number of unbranched alkanes of at least 4 members (excludes halogenated alkanes) is 9. The zero-order chi connectivity index (χ0) is 23.7. The van der Waals surface area contributed by atoms with E-state index in [-0.39, 0.29) is 5.78 Å². The van der Waals surface area contributed by atoms with E-state index in [0.29, 0.717) is 6.42 Å². The number of aromatic nitrogens is 1. The largest absolute Gasteiger partial charge is 0.294 e. The number of hydrogen-bond donors (Lipinski definition) is 0. The summed E-state index contributed by atoms with van der Waals surface area (Å²) in [4.78, 5) is 17.1. The number of carbonyl (C=O) groups is 1. The molecule has 0 bridgehead atoms. The van der Waals surface area contributed by atoms with Gasteiger partial charge in [-0.3, -0.25) is 9.78 Å². The van der Waals surface area contributed by atoms with Gasteiger partial charge < -0.3 is 0 Å². The van der Waals surface area contributed by atoms with Crippen molar-refractivity contribution in [1.82, 2.24) is 4.98 Å². The molecule has 0 aliphatic rings. The van der Waals surface area contributed by atoms with Crippen LogP contribution in [0, 0.1) is 5.92 Å². The van der Waals surface area contributed by atoms with E-state index in [1.54, 1.807) is 0 Å². The van der Waals surface area contributed by atoms with Crippen LogP contribution in [0.15, 0.2) is 42.6 Å². The zero-order valence-corrected chi connectivity index (χ0v) is 21.6. The average Bonchev–Trinajstić information content (AvgIpc) is 2.85. The van der Waals surface area contributed by atoms with Gasteiger partial charge in [0.15, 0.2) is 5.78 Å². The lowest BCUT2D eigenvalue weighted by molar-refractivity contribution is 0.0978. The molecule has 1 aromatic heterocycles. The molecule has 1 aromatic carbocycles. The SMILES string of the molecule is CCCCCCCCCCCc1ccc(-c2ccc(C(=O)CCCCC(C)CC)cc2)nc1. The van der Waals surface area contributed by atoms with Crippen LogP contribution in [0.1, 0.15) is 127 Å². The van der Waals surface area contributed by atoms with Gasteiger partial charge in [-0.25, -0.2) is 0 Å². The van der Waals surface area contributed by atoms with Crippen molar-refractivity contribution in [2.75, 3.05) is 0 Å². The molecule has 0 aliphatic carbocycles. The minimum atomic E-state index is 0.259. The van der Waals surface area contributed by atoms with Crippen molar-refractivity contribution >= 4 is 5.78 Å². The molecule has 0 radical (unpaired) electrons. The van der Waals surface area contributed by atoms with Crippen LogP contribution in [-0.2, 0) is 6.42 Å². The molecular formula is C31H47NO. The Kier molecular flexibility index (Phi) is 13.7. The molecule has 1 atom stereocenters. The summed E-state index contributed by atoms with van der Waals surface area (Å²) in [5, 5.41) is 0. The maximum Gasteiger partial charge on any atom is 0.162 e. The van der Waals surface area contributed by atoms with Crippen molar-refractivity contribution in [2.45, 2.75) is 117 Å². The fourth-order valence-corrected chi connectivity index (χ4v) is 4.34. The highest BCUT2D eigenvalue weighted by atomic mass is 16.1. The van der Waals surface area contributed by atoms with Gasteiger partial charge in [0.25, 0.3) is 0 Å². The van der Waals surface area contributed by atoms with E-state index in [1.807, 2.05) is 30.5 Å². The van der Waals surface area contributed by atoms with Crippen molar-refractivity contribution in [3.63, 3.8) is 0 Å². The first-order valence-corrected chi connectivity index (χ1v) is 13.7. The first kappa shape index (κ1) is 27.3. The quantitative estimate of drug-likeness (QED) is 0.167. The summed E-state index contributed by atoms with van der Waals surface area (Å²) in [5.41, 5.74) is 4.21. The molecule has 0 amide bonds. The van der Waals surface area contributed by atoms with Gasteiger partial charge >= 0.3 is 0 Å². The first-order chi connectivity index (χ1) is 16.1. The minimum Gasteiger partial charge on any atom is -0.294 e. The van der Waals surface area contributed by atoms with E-state index < -0.39 is 0 Å². The highest BCUT2D eigenvalue weighted by molar-refractivity contribution is 5.96. The molecule has 0 spiro atoms. The van der Waals surface area contributed by atoms with Gasteiger partial charge in [0.1, 0.15) is 0 Å². The number of rotatable bonds is 18. The monoisotopic (exact) mass is 449 g/mol. The van der Waals surface area contributed by atoms with Crippen LogP contribution in [0.4, 0.5) is 0 Å². The lowest BCUT2D eigenvalue weighted by Gasteiger charge is -2.08. The Morgan fingerprint density at radius 1 is 0.788 bits per heavy atom. The van der Waals surface area contributed by atoms with Crippen LogP contribution in [0.5, 0.6) is 0 Å². The van der Waals surface area contributed by atoms with Gasteiger partial charge in [-0.1, -0.05) is 122 Å². The lowest BCUT2D eigenvalue weighted by atomic mass is 9.98. The summed E-state index contributed by atoms with van der Waals surface area (Å²) in [6.07, 6.45) is 20.7. The molecule has 182 valence electrons. The Labute approximate surface area is 203 Å². The van der Waals surface area contributed by atoms with Crippen molar-refractivity contribution in [3.8, 4) is 11.3 Å². The van der Waals surface area contributed by atoms with Crippen LogP contribution < -0.4 is 0 Å². The molecule has 0 N–H and O–H groups in total. The minimum absolute atomic E-state index is 0.259. The molecule has 0 aliphatic heterocycles. The summed E-state index contributed by atoms with van der Waals surface area (Å²) in [6.45, 7) is 6.80. The van der Waals surface area contributed by atoms with Gasteiger partial charge in [0.05, 0.1) is 5.69 Å². The van der Waals surface area contributed by atoms with Crippen molar-refractivity contribution in [2.24, 2.45) is 5.92 Å². The Morgan fingerprint density at radius 2 is 1.45 bits per heavy atom. The molecule has 2 aromatic rings. The van der Waals surface area contributed by atoms with E-state index in [0.717, 1.165) is 42.0 Å². The van der Waals surface area contributed by atoms with Crippen LogP contribution in [0.3, 0.4) is 0 Å². The molecule has 2 nitrogen and oxygen atoms in total. The Balaban J connectivity index is 1.68. The second-order valence-electron chi connectivity index (χ2n) is 9.89. The number of hydrogen-bond acceptors (Lipinski definition) is 2. The number of nitrogens with zero attached hydrogens (tertiary/aromatic N) is 1. The van der Waals surface area contributed by atoms with Gasteiger partial charge in [-0.2, -0.15) is 0 Å². The summed E-state index contributed by atoms with van der Waals surface area (Å²) in [7, 11) is 0. The molecule has 1 unspecified atom stereocenters. The molecule has 2 heteroatoms. The lowest BCUT2D eigenvalue weighted by Crippen LogP contribution is -2.00. The molecular weight excluding hydrogens is 402 g/mol. The van der Waals surface area contributed by atoms with Crippen LogP contribution >= 0.6 is 0 Å². The predicted octanol–water partition coefficient (Wildman–Crippen LogP) is 9.61. The maximum absolute atomic E-state index is 12.5. The molecule has 33 heavy (non-hydrogen) atoms. The Hall–Kier alpha value is -1.96. The van der Waals surface area contributed by atoms with E-state index in [1.165, 1.54) is 76.2 Å². The fraction of sp³-hybridized carbons (Fsp3) is 0.613. The zero-order valence-electron chi connectivity index (χ0n) is 21.6. The van der Waals surface area contributed by atoms with Gasteiger partial charge in [-0.05, 0) is 36.8 Å². The summed E-state index contributed by atoms with van der Waals surface area (Å²) >= 11 is 0. The Bertz CT molecular complexity index is 763. The van der Waals surface area contributed by atoms with Crippen molar-refractivity contribution in [3.05, 3.63) is 53.7 Å². The number of ketones is 1. The molecule has 0 saturated carbocycles. The smallest absolute Gasteiger partial charge is 0.162 e. The Morgan fingerprint density at radius 3 is 2.06 bits per heavy atom. The van der Waals surface area contributed by atoms with Gasteiger partial charge in [-0.15, -0.1) is 0 Å². The summed E-state index contributed by atoms with van der Waals surface area (Å²) in [6, 6.07) is 12.3. The molecule has 2 rings (SSSR count). The highest BCUT2D eigenvalue weighted by Crippen LogP contribution is 2.20. The molecule has 0 fully saturated rings. The van der Waals surface area contributed by atoms with Crippen LogP contribution in [0.2, 0.25) is 0 Å². The topological polar surface area (TPSA) is 30.0 Å². The standard InChI is InChI=1S/C31H47NO/c1-4-6-7-8-9-10-11-12-13-17-27-19-24-30(32-25-27)28-20-22-29(23-21-28)31(33)18-15-14-16-26(3)5-2/h19-26H,4-18H2,1-3H3. The first-order valence-electron chi connectivity index (χ1n) is 13.7. The third-order valence-corrected chi connectivity index (χ3v) is 6.94. The molecule has 1 heterocycles. The maximum atomic E-state index is 12.5. The normalized spacial score (nSPS) is 12.1. The van der Waals surface area contributed by atoms with E-state index in [4.69, 9.17) is 0 Å². The van der Waals surface area contributed by atoms with Crippen LogP contribution in [0.25, 0.3) is 11.3 Å². The second kappa shape index (κ2) is 16.6. The summed E-state index contributed by atoms with van der Waals surface area (Å²) in [5.74, 6) is 1.03.